The topological polar surface area (TPSA) is 89.2 Å². The van der Waals surface area contributed by atoms with Crippen molar-refractivity contribution in [3.8, 4) is 11.7 Å². The smallest absolute Gasteiger partial charge is 0.305 e. The quantitative estimate of drug-likeness (QED) is 0.905. The van der Waals surface area contributed by atoms with Crippen LogP contribution in [0.1, 0.15) is 17.0 Å². The van der Waals surface area contributed by atoms with E-state index >= 15 is 0 Å². The number of amides is 1. The Morgan fingerprint density at radius 1 is 1.21 bits per heavy atom. The Kier molecular flexibility index (Phi) is 4.81. The summed E-state index contributed by atoms with van der Waals surface area (Å²) in [6.07, 6.45) is -0.167. The number of hydrogen-bond acceptors (Lipinski definition) is 5. The molecule has 1 aromatic carbocycles. The van der Waals surface area contributed by atoms with Crippen LogP contribution in [0.2, 0.25) is 0 Å². The van der Waals surface area contributed by atoms with Crippen LogP contribution < -0.4 is 4.74 Å². The van der Waals surface area contributed by atoms with Gasteiger partial charge in [-0.25, -0.2) is 0 Å². The zero-order valence-electron chi connectivity index (χ0n) is 12.9. The summed E-state index contributed by atoms with van der Waals surface area (Å²) in [5.74, 6) is -0.435. The number of carbonyl (C=O) groups excluding carboxylic acids is 1. The van der Waals surface area contributed by atoms with Crippen molar-refractivity contribution < 1.29 is 28.6 Å². The largest absolute Gasteiger partial charge is 0.481 e. The molecule has 0 radical (unpaired) electrons. The standard InChI is InChI=1S/C17H17NO6/c19-15(20)10-12-11-22-9-8-18(12)17(21)14-6-7-16(24-14)23-13-4-2-1-3-5-13/h1-7,12H,8-11H2,(H,19,20). The van der Waals surface area contributed by atoms with Crippen molar-refractivity contribution in [1.82, 2.24) is 4.90 Å². The molecule has 0 bridgehead atoms. The second-order valence-electron chi connectivity index (χ2n) is 5.36. The maximum atomic E-state index is 12.6. The molecule has 1 amide bonds. The van der Waals surface area contributed by atoms with Gasteiger partial charge < -0.3 is 23.9 Å². The number of para-hydroxylation sites is 1. The van der Waals surface area contributed by atoms with Crippen LogP contribution in [0, 0.1) is 0 Å². The van der Waals surface area contributed by atoms with E-state index in [0.29, 0.717) is 18.9 Å². The molecule has 1 unspecified atom stereocenters. The van der Waals surface area contributed by atoms with Crippen molar-refractivity contribution in [2.45, 2.75) is 12.5 Å². The Hall–Kier alpha value is -2.80. The third kappa shape index (κ3) is 3.75. The first kappa shape index (κ1) is 16.1. The molecule has 126 valence electrons. The van der Waals surface area contributed by atoms with Gasteiger partial charge in [-0.1, -0.05) is 18.2 Å². The van der Waals surface area contributed by atoms with E-state index in [1.54, 1.807) is 18.2 Å². The highest BCUT2D eigenvalue weighted by molar-refractivity contribution is 5.92. The highest BCUT2D eigenvalue weighted by atomic mass is 16.6. The number of ether oxygens (including phenoxy) is 2. The van der Waals surface area contributed by atoms with Gasteiger partial charge in [0.15, 0.2) is 5.76 Å². The minimum Gasteiger partial charge on any atom is -0.481 e. The number of furan rings is 1. The number of carboxylic acids is 1. The summed E-state index contributed by atoms with van der Waals surface area (Å²) in [6, 6.07) is 11.6. The number of rotatable bonds is 5. The van der Waals surface area contributed by atoms with Crippen LogP contribution in [-0.4, -0.2) is 47.7 Å². The van der Waals surface area contributed by atoms with E-state index in [4.69, 9.17) is 19.0 Å². The first-order valence-corrected chi connectivity index (χ1v) is 7.57. The van der Waals surface area contributed by atoms with Crippen molar-refractivity contribution in [3.63, 3.8) is 0 Å². The summed E-state index contributed by atoms with van der Waals surface area (Å²) in [5.41, 5.74) is 0. The molecule has 1 aliphatic heterocycles. The number of nitrogens with zero attached hydrogens (tertiary/aromatic N) is 1. The van der Waals surface area contributed by atoms with Gasteiger partial charge in [0.2, 0.25) is 0 Å². The van der Waals surface area contributed by atoms with Gasteiger partial charge in [-0.3, -0.25) is 9.59 Å². The number of morpholine rings is 1. The van der Waals surface area contributed by atoms with Crippen molar-refractivity contribution in [2.75, 3.05) is 19.8 Å². The maximum Gasteiger partial charge on any atom is 0.305 e. The second-order valence-corrected chi connectivity index (χ2v) is 5.36. The third-order valence-corrected chi connectivity index (χ3v) is 3.65. The minimum absolute atomic E-state index is 0.109. The van der Waals surface area contributed by atoms with Gasteiger partial charge in [0.05, 0.1) is 25.7 Å². The van der Waals surface area contributed by atoms with E-state index in [9.17, 15) is 9.59 Å². The van der Waals surface area contributed by atoms with E-state index in [2.05, 4.69) is 0 Å². The minimum atomic E-state index is -0.976. The molecule has 1 N–H and O–H groups in total. The molecule has 2 aromatic rings. The van der Waals surface area contributed by atoms with Crippen LogP contribution >= 0.6 is 0 Å². The fourth-order valence-electron chi connectivity index (χ4n) is 2.53. The number of carbonyl (C=O) groups is 2. The van der Waals surface area contributed by atoms with E-state index in [1.807, 2.05) is 18.2 Å². The Labute approximate surface area is 138 Å². The van der Waals surface area contributed by atoms with Crippen molar-refractivity contribution in [2.24, 2.45) is 0 Å². The Morgan fingerprint density at radius 2 is 2.00 bits per heavy atom. The monoisotopic (exact) mass is 331 g/mol. The van der Waals surface area contributed by atoms with Crippen LogP contribution in [-0.2, 0) is 9.53 Å². The second kappa shape index (κ2) is 7.18. The predicted molar refractivity (Wildman–Crippen MR) is 83.1 cm³/mol. The lowest BCUT2D eigenvalue weighted by atomic mass is 10.1. The molecule has 2 heterocycles. The lowest BCUT2D eigenvalue weighted by molar-refractivity contribution is -0.139. The first-order valence-electron chi connectivity index (χ1n) is 7.57. The molecule has 7 nitrogen and oxygen atoms in total. The molecular formula is C17H17NO6. The van der Waals surface area contributed by atoms with Gasteiger partial charge in [-0.05, 0) is 18.2 Å². The Balaban J connectivity index is 1.71. The molecule has 1 aromatic heterocycles. The van der Waals surface area contributed by atoms with Crippen LogP contribution in [0.3, 0.4) is 0 Å². The Morgan fingerprint density at radius 3 is 2.75 bits per heavy atom. The summed E-state index contributed by atoms with van der Waals surface area (Å²) >= 11 is 0. The average molecular weight is 331 g/mol. The summed E-state index contributed by atoms with van der Waals surface area (Å²) in [4.78, 5) is 25.0. The zero-order chi connectivity index (χ0) is 16.9. The average Bonchev–Trinajstić information content (AvgIpc) is 3.03. The third-order valence-electron chi connectivity index (χ3n) is 3.65. The zero-order valence-corrected chi connectivity index (χ0v) is 12.9. The fraction of sp³-hybridized carbons (Fsp3) is 0.294. The van der Waals surface area contributed by atoms with E-state index < -0.39 is 12.0 Å². The molecular weight excluding hydrogens is 314 g/mol. The van der Waals surface area contributed by atoms with Gasteiger partial charge in [-0.2, -0.15) is 0 Å². The normalized spacial score (nSPS) is 17.5. The lowest BCUT2D eigenvalue weighted by Crippen LogP contribution is -2.49. The number of carboxylic acid groups (broad SMARTS) is 1. The van der Waals surface area contributed by atoms with Crippen molar-refractivity contribution >= 4 is 11.9 Å². The molecule has 0 aliphatic carbocycles. The highest BCUT2D eigenvalue weighted by Crippen LogP contribution is 2.25. The van der Waals surface area contributed by atoms with Crippen molar-refractivity contribution in [3.05, 3.63) is 48.2 Å². The number of hydrogen-bond donors (Lipinski definition) is 1. The molecule has 1 atom stereocenters. The van der Waals surface area contributed by atoms with Gasteiger partial charge in [-0.15, -0.1) is 0 Å². The lowest BCUT2D eigenvalue weighted by Gasteiger charge is -2.34. The molecule has 0 saturated carbocycles. The molecule has 1 fully saturated rings. The Bertz CT molecular complexity index is 711. The van der Waals surface area contributed by atoms with E-state index in [1.165, 1.54) is 11.0 Å². The fourth-order valence-corrected chi connectivity index (χ4v) is 2.53. The molecule has 0 spiro atoms. The van der Waals surface area contributed by atoms with Gasteiger partial charge in [0.1, 0.15) is 5.75 Å². The van der Waals surface area contributed by atoms with Crippen LogP contribution in [0.25, 0.3) is 0 Å². The highest BCUT2D eigenvalue weighted by Gasteiger charge is 2.31. The summed E-state index contributed by atoms with van der Waals surface area (Å²) in [5, 5.41) is 8.97. The van der Waals surface area contributed by atoms with E-state index in [0.717, 1.165) is 0 Å². The van der Waals surface area contributed by atoms with Crippen LogP contribution in [0.15, 0.2) is 46.9 Å². The maximum absolute atomic E-state index is 12.6. The molecule has 24 heavy (non-hydrogen) atoms. The predicted octanol–water partition coefficient (Wildman–Crippen LogP) is 2.39. The van der Waals surface area contributed by atoms with Gasteiger partial charge >= 0.3 is 5.97 Å². The van der Waals surface area contributed by atoms with Crippen LogP contribution in [0.4, 0.5) is 0 Å². The summed E-state index contributed by atoms with van der Waals surface area (Å²) < 4.78 is 16.3. The molecule has 1 aliphatic rings. The molecule has 7 heteroatoms. The van der Waals surface area contributed by atoms with E-state index in [-0.39, 0.29) is 30.6 Å². The van der Waals surface area contributed by atoms with Crippen molar-refractivity contribution in [1.29, 1.82) is 0 Å². The number of aliphatic carboxylic acids is 1. The first-order chi connectivity index (χ1) is 11.6. The van der Waals surface area contributed by atoms with Gasteiger partial charge in [0, 0.05) is 12.6 Å². The molecule has 3 rings (SSSR count). The SMILES string of the molecule is O=C(O)CC1COCCN1C(=O)c1ccc(Oc2ccccc2)o1. The number of benzene rings is 1. The van der Waals surface area contributed by atoms with Gasteiger partial charge in [0.25, 0.3) is 11.9 Å². The van der Waals surface area contributed by atoms with Crippen LogP contribution in [0.5, 0.6) is 11.7 Å². The summed E-state index contributed by atoms with van der Waals surface area (Å²) in [6.45, 7) is 0.897. The molecule has 1 saturated heterocycles. The summed E-state index contributed by atoms with van der Waals surface area (Å²) in [7, 11) is 0.